The molecule has 0 spiro atoms. The molecule has 0 radical (unpaired) electrons. The van der Waals surface area contributed by atoms with Gasteiger partial charge in [-0.1, -0.05) is 12.1 Å². The summed E-state index contributed by atoms with van der Waals surface area (Å²) in [5.74, 6) is 1.05. The molecule has 0 saturated heterocycles. The molecule has 0 unspecified atom stereocenters. The molecular weight excluding hydrogens is 470 g/mol. The fourth-order valence-corrected chi connectivity index (χ4v) is 3.94. The van der Waals surface area contributed by atoms with Crippen LogP contribution in [-0.2, 0) is 4.79 Å². The molecule has 3 N–H and O–H groups in total. The number of anilines is 5. The summed E-state index contributed by atoms with van der Waals surface area (Å²) in [4.78, 5) is 51.6. The fraction of sp³-hybridized carbons (Fsp3) is 0.111. The first-order chi connectivity index (χ1) is 17.9. The Morgan fingerprint density at radius 1 is 0.784 bits per heavy atom. The van der Waals surface area contributed by atoms with Crippen LogP contribution >= 0.6 is 0 Å². The molecule has 1 aliphatic heterocycles. The molecule has 4 aromatic rings. The number of benzene rings is 2. The van der Waals surface area contributed by atoms with Crippen LogP contribution in [0, 0.1) is 13.8 Å². The first-order valence-electron chi connectivity index (χ1n) is 11.5. The number of carbonyl (C=O) groups is 3. The number of pyridine rings is 1. The van der Waals surface area contributed by atoms with Crippen LogP contribution in [0.1, 0.15) is 32.1 Å². The van der Waals surface area contributed by atoms with E-state index in [2.05, 4.69) is 30.9 Å². The number of aryl methyl sites for hydroxylation is 2. The van der Waals surface area contributed by atoms with Crippen LogP contribution in [0.3, 0.4) is 0 Å². The summed E-state index contributed by atoms with van der Waals surface area (Å²) in [6.45, 7) is 3.42. The average molecular weight is 494 g/mol. The molecule has 3 heterocycles. The van der Waals surface area contributed by atoms with E-state index in [4.69, 9.17) is 0 Å². The molecule has 2 aromatic carbocycles. The zero-order valence-corrected chi connectivity index (χ0v) is 20.1. The van der Waals surface area contributed by atoms with Crippen molar-refractivity contribution in [3.05, 3.63) is 95.4 Å². The van der Waals surface area contributed by atoms with E-state index >= 15 is 0 Å². The molecule has 5 rings (SSSR count). The Kier molecular flexibility index (Phi) is 6.29. The van der Waals surface area contributed by atoms with Crippen LogP contribution in [0.15, 0.2) is 72.9 Å². The lowest BCUT2D eigenvalue weighted by Crippen LogP contribution is -2.37. The van der Waals surface area contributed by atoms with Gasteiger partial charge in [0.25, 0.3) is 11.8 Å². The van der Waals surface area contributed by atoms with Crippen molar-refractivity contribution < 1.29 is 14.4 Å². The average Bonchev–Trinajstić information content (AvgIpc) is 3.10. The number of carbonyl (C=O) groups excluding carboxylic acids is 3. The molecule has 10 nitrogen and oxygen atoms in total. The van der Waals surface area contributed by atoms with Gasteiger partial charge in [0.05, 0.1) is 11.1 Å². The first kappa shape index (κ1) is 23.6. The molecule has 0 atom stereocenters. The van der Waals surface area contributed by atoms with Crippen LogP contribution in [-0.4, -0.2) is 44.1 Å². The summed E-state index contributed by atoms with van der Waals surface area (Å²) >= 11 is 0. The van der Waals surface area contributed by atoms with E-state index in [9.17, 15) is 14.4 Å². The summed E-state index contributed by atoms with van der Waals surface area (Å²) in [5.41, 5.74) is 2.97. The van der Waals surface area contributed by atoms with Crippen LogP contribution in [0.25, 0.3) is 0 Å². The zero-order chi connectivity index (χ0) is 25.9. The van der Waals surface area contributed by atoms with Gasteiger partial charge in [-0.25, -0.2) is 15.0 Å². The normalized spacial score (nSPS) is 12.3. The fourth-order valence-electron chi connectivity index (χ4n) is 3.94. The minimum absolute atomic E-state index is 0.309. The Hall–Kier alpha value is -5.12. The van der Waals surface area contributed by atoms with Crippen molar-refractivity contribution in [2.75, 3.05) is 22.5 Å². The number of hydrogen-bond donors (Lipinski definition) is 3. The SMILES string of the molecule is Cc1ccnc(Nc2cc(Nc3ccc(NC(=O)CN4C(=O)c5ccccc5C4=O)cc3)nc(C)n2)c1. The number of hydrogen-bond acceptors (Lipinski definition) is 8. The van der Waals surface area contributed by atoms with Gasteiger partial charge >= 0.3 is 0 Å². The second kappa shape index (κ2) is 9.86. The summed E-state index contributed by atoms with van der Waals surface area (Å²) < 4.78 is 0. The number of amides is 3. The molecule has 1 aliphatic rings. The van der Waals surface area contributed by atoms with E-state index in [1.165, 1.54) is 0 Å². The highest BCUT2D eigenvalue weighted by Crippen LogP contribution is 2.23. The van der Waals surface area contributed by atoms with Crippen LogP contribution in [0.4, 0.5) is 28.8 Å². The van der Waals surface area contributed by atoms with Crippen LogP contribution in [0.5, 0.6) is 0 Å². The largest absolute Gasteiger partial charge is 0.340 e. The van der Waals surface area contributed by atoms with Gasteiger partial charge in [0.1, 0.15) is 29.8 Å². The van der Waals surface area contributed by atoms with Gasteiger partial charge in [-0.05, 0) is 67.9 Å². The molecular formula is C27H23N7O3. The van der Waals surface area contributed by atoms with E-state index in [1.807, 2.05) is 19.1 Å². The quantitative estimate of drug-likeness (QED) is 0.327. The van der Waals surface area contributed by atoms with E-state index in [0.717, 1.165) is 16.2 Å². The zero-order valence-electron chi connectivity index (χ0n) is 20.1. The summed E-state index contributed by atoms with van der Waals surface area (Å²) in [5, 5.41) is 9.13. The molecule has 0 aliphatic carbocycles. The highest BCUT2D eigenvalue weighted by molar-refractivity contribution is 6.22. The van der Waals surface area contributed by atoms with Crippen LogP contribution < -0.4 is 16.0 Å². The predicted molar refractivity (Wildman–Crippen MR) is 139 cm³/mol. The number of aromatic nitrogens is 3. The monoisotopic (exact) mass is 493 g/mol. The van der Waals surface area contributed by atoms with E-state index < -0.39 is 17.7 Å². The number of rotatable bonds is 7. The first-order valence-corrected chi connectivity index (χ1v) is 11.5. The standard InChI is InChI=1S/C27H23N7O3/c1-16-11-12-28-22(13-16)33-24-14-23(29-17(2)30-24)31-18-7-9-19(10-8-18)32-25(35)15-34-26(36)20-5-3-4-6-21(20)27(34)37/h3-14H,15H2,1-2H3,(H,32,35)(H2,28,29,30,31,33). The molecule has 0 fully saturated rings. The maximum absolute atomic E-state index is 12.5. The van der Waals surface area contributed by atoms with Gasteiger partial charge in [-0.3, -0.25) is 19.3 Å². The molecule has 10 heteroatoms. The van der Waals surface area contributed by atoms with Crippen LogP contribution in [0.2, 0.25) is 0 Å². The van der Waals surface area contributed by atoms with Crippen molar-refractivity contribution in [1.29, 1.82) is 0 Å². The summed E-state index contributed by atoms with van der Waals surface area (Å²) in [6.07, 6.45) is 1.73. The second-order valence-electron chi connectivity index (χ2n) is 8.52. The van der Waals surface area contributed by atoms with Crippen molar-refractivity contribution in [1.82, 2.24) is 19.9 Å². The molecule has 0 bridgehead atoms. The van der Waals surface area contributed by atoms with Gasteiger partial charge in [0.15, 0.2) is 0 Å². The lowest BCUT2D eigenvalue weighted by atomic mass is 10.1. The Morgan fingerprint density at radius 2 is 1.41 bits per heavy atom. The second-order valence-corrected chi connectivity index (χ2v) is 8.52. The maximum Gasteiger partial charge on any atom is 0.262 e. The Morgan fingerprint density at radius 3 is 2.05 bits per heavy atom. The third kappa shape index (κ3) is 5.27. The number of nitrogens with one attached hydrogen (secondary N) is 3. The molecule has 0 saturated carbocycles. The van der Waals surface area contributed by atoms with E-state index in [1.54, 1.807) is 67.7 Å². The van der Waals surface area contributed by atoms with Gasteiger partial charge in [-0.15, -0.1) is 0 Å². The highest BCUT2D eigenvalue weighted by atomic mass is 16.2. The van der Waals surface area contributed by atoms with Gasteiger partial charge < -0.3 is 16.0 Å². The molecule has 2 aromatic heterocycles. The minimum atomic E-state index is -0.470. The summed E-state index contributed by atoms with van der Waals surface area (Å²) in [6, 6.07) is 19.1. The smallest absolute Gasteiger partial charge is 0.262 e. The van der Waals surface area contributed by atoms with Crippen molar-refractivity contribution in [3.8, 4) is 0 Å². The molecule has 184 valence electrons. The van der Waals surface area contributed by atoms with Crippen molar-refractivity contribution >= 4 is 46.5 Å². The topological polar surface area (TPSA) is 129 Å². The third-order valence-electron chi connectivity index (χ3n) is 5.63. The van der Waals surface area contributed by atoms with Crippen molar-refractivity contribution in [2.24, 2.45) is 0 Å². The van der Waals surface area contributed by atoms with Crippen molar-refractivity contribution in [3.63, 3.8) is 0 Å². The van der Waals surface area contributed by atoms with E-state index in [-0.39, 0.29) is 6.54 Å². The third-order valence-corrected chi connectivity index (χ3v) is 5.63. The minimum Gasteiger partial charge on any atom is -0.340 e. The lowest BCUT2D eigenvalue weighted by molar-refractivity contribution is -0.116. The highest BCUT2D eigenvalue weighted by Gasteiger charge is 2.36. The Bertz CT molecular complexity index is 1480. The van der Waals surface area contributed by atoms with Gasteiger partial charge in [-0.2, -0.15) is 0 Å². The van der Waals surface area contributed by atoms with Gasteiger partial charge in [0.2, 0.25) is 5.91 Å². The van der Waals surface area contributed by atoms with Gasteiger partial charge in [0, 0.05) is 23.6 Å². The molecule has 37 heavy (non-hydrogen) atoms. The lowest BCUT2D eigenvalue weighted by Gasteiger charge is -2.14. The Balaban J connectivity index is 1.21. The van der Waals surface area contributed by atoms with Crippen molar-refractivity contribution in [2.45, 2.75) is 13.8 Å². The number of fused-ring (bicyclic) bond motifs is 1. The maximum atomic E-state index is 12.5. The Labute approximate surface area is 212 Å². The number of imide groups is 1. The number of nitrogens with zero attached hydrogens (tertiary/aromatic N) is 4. The molecule has 3 amide bonds. The predicted octanol–water partition coefficient (Wildman–Crippen LogP) is 4.21. The summed E-state index contributed by atoms with van der Waals surface area (Å²) in [7, 11) is 0. The van der Waals surface area contributed by atoms with E-state index in [0.29, 0.717) is 40.1 Å².